The molecule has 39 heavy (non-hydrogen) atoms. The second-order valence-corrected chi connectivity index (χ2v) is 12.0. The molecule has 1 aliphatic rings. The van der Waals surface area contributed by atoms with Crippen LogP contribution in [0, 0.1) is 0 Å². The summed E-state index contributed by atoms with van der Waals surface area (Å²) in [6, 6.07) is 16.8. The number of amides is 2. The lowest BCUT2D eigenvalue weighted by Gasteiger charge is -2.29. The van der Waals surface area contributed by atoms with Crippen molar-refractivity contribution >= 4 is 33.4 Å². The SMILES string of the molecule is C[C@H](C(=O)NCc1ccncc1)N(Cc1ccc(Cl)cc1)C(=O)CCc1ccc(S(=O)(=O)N2CCCC2)cc1. The lowest BCUT2D eigenvalue weighted by atomic mass is 10.1. The Morgan fingerprint density at radius 2 is 1.56 bits per heavy atom. The van der Waals surface area contributed by atoms with Crippen molar-refractivity contribution in [3.05, 3.63) is 94.8 Å². The molecule has 0 unspecified atom stereocenters. The highest BCUT2D eigenvalue weighted by Crippen LogP contribution is 2.22. The van der Waals surface area contributed by atoms with Crippen molar-refractivity contribution in [3.63, 3.8) is 0 Å². The van der Waals surface area contributed by atoms with Crippen LogP contribution in [0.4, 0.5) is 0 Å². The van der Waals surface area contributed by atoms with Crippen LogP contribution in [0.1, 0.15) is 42.9 Å². The highest BCUT2D eigenvalue weighted by Gasteiger charge is 2.28. The summed E-state index contributed by atoms with van der Waals surface area (Å²) >= 11 is 6.03. The molecule has 0 spiro atoms. The zero-order valence-corrected chi connectivity index (χ0v) is 23.5. The minimum Gasteiger partial charge on any atom is -0.350 e. The molecule has 3 aromatic rings. The van der Waals surface area contributed by atoms with Gasteiger partial charge in [0.2, 0.25) is 21.8 Å². The van der Waals surface area contributed by atoms with E-state index in [1.165, 1.54) is 4.31 Å². The molecular weight excluding hydrogens is 536 g/mol. The lowest BCUT2D eigenvalue weighted by molar-refractivity contribution is -0.140. The first-order chi connectivity index (χ1) is 18.7. The molecule has 1 aromatic heterocycles. The Bertz CT molecular complexity index is 1360. The van der Waals surface area contributed by atoms with Crippen molar-refractivity contribution < 1.29 is 18.0 Å². The Morgan fingerprint density at radius 1 is 0.949 bits per heavy atom. The highest BCUT2D eigenvalue weighted by molar-refractivity contribution is 7.89. The molecule has 1 N–H and O–H groups in total. The molecule has 0 bridgehead atoms. The summed E-state index contributed by atoms with van der Waals surface area (Å²) in [5.74, 6) is -0.434. The van der Waals surface area contributed by atoms with Gasteiger partial charge < -0.3 is 10.2 Å². The number of benzene rings is 2. The number of carbonyl (C=O) groups is 2. The lowest BCUT2D eigenvalue weighted by Crippen LogP contribution is -2.47. The van der Waals surface area contributed by atoms with Gasteiger partial charge in [-0.15, -0.1) is 0 Å². The number of sulfonamides is 1. The van der Waals surface area contributed by atoms with E-state index in [2.05, 4.69) is 10.3 Å². The molecule has 1 atom stereocenters. The van der Waals surface area contributed by atoms with Crippen LogP contribution < -0.4 is 5.32 Å². The van der Waals surface area contributed by atoms with E-state index >= 15 is 0 Å². The maximum atomic E-state index is 13.4. The van der Waals surface area contributed by atoms with Crippen molar-refractivity contribution in [1.29, 1.82) is 0 Å². The number of pyridine rings is 1. The summed E-state index contributed by atoms with van der Waals surface area (Å²) < 4.78 is 27.1. The van der Waals surface area contributed by atoms with E-state index in [4.69, 9.17) is 11.6 Å². The fourth-order valence-corrected chi connectivity index (χ4v) is 6.15. The summed E-state index contributed by atoms with van der Waals surface area (Å²) in [6.45, 7) is 3.41. The van der Waals surface area contributed by atoms with Gasteiger partial charge in [0.05, 0.1) is 4.90 Å². The van der Waals surface area contributed by atoms with E-state index in [0.29, 0.717) is 31.1 Å². The number of nitrogens with zero attached hydrogens (tertiary/aromatic N) is 3. The van der Waals surface area contributed by atoms with E-state index in [9.17, 15) is 18.0 Å². The average Bonchev–Trinajstić information content (AvgIpc) is 3.51. The topological polar surface area (TPSA) is 99.7 Å². The van der Waals surface area contributed by atoms with Gasteiger partial charge in [0.15, 0.2) is 0 Å². The molecule has 0 aliphatic carbocycles. The first kappa shape index (κ1) is 28.7. The summed E-state index contributed by atoms with van der Waals surface area (Å²) in [5.41, 5.74) is 2.62. The molecule has 1 fully saturated rings. The molecule has 0 saturated carbocycles. The number of aromatic nitrogens is 1. The number of aryl methyl sites for hydroxylation is 1. The number of nitrogens with one attached hydrogen (secondary N) is 1. The van der Waals surface area contributed by atoms with Crippen molar-refractivity contribution in [2.24, 2.45) is 0 Å². The number of hydrogen-bond acceptors (Lipinski definition) is 5. The fraction of sp³-hybridized carbons (Fsp3) is 0.345. The van der Waals surface area contributed by atoms with Gasteiger partial charge in [0.1, 0.15) is 6.04 Å². The molecule has 2 aromatic carbocycles. The molecule has 2 amide bonds. The zero-order chi connectivity index (χ0) is 27.8. The Morgan fingerprint density at radius 3 is 2.21 bits per heavy atom. The first-order valence-corrected chi connectivity index (χ1v) is 14.9. The number of rotatable bonds is 11. The minimum absolute atomic E-state index is 0.174. The van der Waals surface area contributed by atoms with Gasteiger partial charge in [-0.3, -0.25) is 14.6 Å². The van der Waals surface area contributed by atoms with Gasteiger partial charge in [0, 0.05) is 50.0 Å². The molecule has 10 heteroatoms. The standard InChI is InChI=1S/C29H33ClN4O4S/c1-22(29(36)32-20-24-14-16-31-17-15-24)34(21-25-4-9-26(30)10-5-25)28(35)13-8-23-6-11-27(12-7-23)39(37,38)33-18-2-3-19-33/h4-7,9-12,14-17,22H,2-3,8,13,18-21H2,1H3,(H,32,36)/t22-/m1/s1. The Balaban J connectivity index is 1.42. The maximum Gasteiger partial charge on any atom is 0.243 e. The van der Waals surface area contributed by atoms with Crippen LogP contribution in [0.2, 0.25) is 5.02 Å². The number of halogens is 1. The summed E-state index contributed by atoms with van der Waals surface area (Å²) in [7, 11) is -3.48. The monoisotopic (exact) mass is 568 g/mol. The van der Waals surface area contributed by atoms with Crippen LogP contribution >= 0.6 is 11.6 Å². The van der Waals surface area contributed by atoms with Crippen molar-refractivity contribution in [3.8, 4) is 0 Å². The second kappa shape index (κ2) is 13.2. The van der Waals surface area contributed by atoms with Crippen molar-refractivity contribution in [2.75, 3.05) is 13.1 Å². The minimum atomic E-state index is -3.48. The molecular formula is C29H33ClN4O4S. The van der Waals surface area contributed by atoms with Gasteiger partial charge in [0.25, 0.3) is 0 Å². The van der Waals surface area contributed by atoms with E-state index in [1.54, 1.807) is 60.6 Å². The van der Waals surface area contributed by atoms with Gasteiger partial charge in [-0.1, -0.05) is 35.9 Å². The molecule has 4 rings (SSSR count). The summed E-state index contributed by atoms with van der Waals surface area (Å²) in [5, 5.41) is 3.50. The Hall–Kier alpha value is -3.27. The van der Waals surface area contributed by atoms with Crippen LogP contribution in [-0.4, -0.2) is 53.6 Å². The predicted octanol–water partition coefficient (Wildman–Crippen LogP) is 4.19. The third kappa shape index (κ3) is 7.65. The smallest absolute Gasteiger partial charge is 0.243 e. The van der Waals surface area contributed by atoms with Crippen LogP contribution in [0.5, 0.6) is 0 Å². The molecule has 2 heterocycles. The van der Waals surface area contributed by atoms with Crippen molar-refractivity contribution in [1.82, 2.24) is 19.5 Å². The fourth-order valence-electron chi connectivity index (χ4n) is 4.51. The van der Waals surface area contributed by atoms with Crippen LogP contribution in [-0.2, 0) is 39.1 Å². The largest absolute Gasteiger partial charge is 0.350 e. The van der Waals surface area contributed by atoms with Crippen LogP contribution in [0.3, 0.4) is 0 Å². The third-order valence-corrected chi connectivity index (χ3v) is 9.07. The third-order valence-electron chi connectivity index (χ3n) is 6.90. The van der Waals surface area contributed by atoms with Crippen molar-refractivity contribution in [2.45, 2.75) is 56.6 Å². The molecule has 1 saturated heterocycles. The highest BCUT2D eigenvalue weighted by atomic mass is 35.5. The predicted molar refractivity (Wildman–Crippen MR) is 150 cm³/mol. The van der Waals surface area contributed by atoms with Gasteiger partial charge in [-0.25, -0.2) is 8.42 Å². The van der Waals surface area contributed by atoms with Gasteiger partial charge >= 0.3 is 0 Å². The number of hydrogen-bond donors (Lipinski definition) is 1. The first-order valence-electron chi connectivity index (χ1n) is 13.0. The molecule has 8 nitrogen and oxygen atoms in total. The van der Waals surface area contributed by atoms with Crippen LogP contribution in [0.15, 0.2) is 78.0 Å². The summed E-state index contributed by atoms with van der Waals surface area (Å²) in [4.78, 5) is 32.3. The maximum absolute atomic E-state index is 13.4. The van der Waals surface area contributed by atoms with E-state index in [1.807, 2.05) is 24.3 Å². The van der Waals surface area contributed by atoms with E-state index < -0.39 is 16.1 Å². The van der Waals surface area contributed by atoms with Gasteiger partial charge in [-0.05, 0) is 79.3 Å². The molecule has 0 radical (unpaired) electrons. The van der Waals surface area contributed by atoms with Crippen LogP contribution in [0.25, 0.3) is 0 Å². The average molecular weight is 569 g/mol. The quantitative estimate of drug-likeness (QED) is 0.374. The molecule has 1 aliphatic heterocycles. The number of carbonyl (C=O) groups excluding carboxylic acids is 2. The van der Waals surface area contributed by atoms with Gasteiger partial charge in [-0.2, -0.15) is 4.31 Å². The normalized spacial score (nSPS) is 14.6. The van der Waals surface area contributed by atoms with E-state index in [-0.39, 0.29) is 29.7 Å². The summed E-state index contributed by atoms with van der Waals surface area (Å²) in [6.07, 6.45) is 5.68. The molecule has 206 valence electrons. The Labute approximate surface area is 235 Å². The van der Waals surface area contributed by atoms with E-state index in [0.717, 1.165) is 29.5 Å². The zero-order valence-electron chi connectivity index (χ0n) is 21.9. The Kier molecular flexibility index (Phi) is 9.72. The second-order valence-electron chi connectivity index (χ2n) is 9.65.